The van der Waals surface area contributed by atoms with Crippen LogP contribution in [0.3, 0.4) is 0 Å². The van der Waals surface area contributed by atoms with Gasteiger partial charge < -0.3 is 30.5 Å². The van der Waals surface area contributed by atoms with Gasteiger partial charge in [-0.3, -0.25) is 9.59 Å². The number of fused-ring (bicyclic) bond motifs is 1. The van der Waals surface area contributed by atoms with Gasteiger partial charge in [-0.1, -0.05) is 29.8 Å². The number of nitrogens with zero attached hydrogens (tertiary/aromatic N) is 2. The molecule has 9 nitrogen and oxygen atoms in total. The number of amides is 2. The first kappa shape index (κ1) is 28.2. The molecule has 3 aromatic rings. The van der Waals surface area contributed by atoms with E-state index in [0.29, 0.717) is 23.9 Å². The summed E-state index contributed by atoms with van der Waals surface area (Å²) in [6.45, 7) is 3.44. The summed E-state index contributed by atoms with van der Waals surface area (Å²) >= 11 is 6.03. The largest absolute Gasteiger partial charge is 0.490 e. The number of aromatic nitrogens is 1. The molecule has 0 aliphatic carbocycles. The third-order valence-electron chi connectivity index (χ3n) is 6.89. The molecule has 2 aliphatic heterocycles. The van der Waals surface area contributed by atoms with Gasteiger partial charge in [-0.15, -0.1) is 0 Å². The Bertz CT molecular complexity index is 1300. The second-order valence-electron chi connectivity index (χ2n) is 9.27. The third-order valence-corrected chi connectivity index (χ3v) is 7.14. The molecule has 3 heterocycles. The van der Waals surface area contributed by atoms with Crippen LogP contribution in [0.25, 0.3) is 10.9 Å². The smallest absolute Gasteiger partial charge is 0.475 e. The van der Waals surface area contributed by atoms with Crippen LogP contribution in [0.15, 0.2) is 54.6 Å². The number of piperidine rings is 1. The molecule has 2 saturated heterocycles. The number of alkyl halides is 3. The van der Waals surface area contributed by atoms with E-state index in [4.69, 9.17) is 21.5 Å². The van der Waals surface area contributed by atoms with Crippen LogP contribution in [0, 0.1) is 0 Å². The summed E-state index contributed by atoms with van der Waals surface area (Å²) in [5.74, 6) is -2.76. The lowest BCUT2D eigenvalue weighted by Gasteiger charge is -2.43. The number of aromatic amines is 1. The number of carboxylic acid groups (broad SMARTS) is 1. The fourth-order valence-electron chi connectivity index (χ4n) is 4.81. The maximum atomic E-state index is 12.8. The van der Waals surface area contributed by atoms with E-state index in [1.807, 2.05) is 54.6 Å². The summed E-state index contributed by atoms with van der Waals surface area (Å²) in [5, 5.41) is 14.9. The van der Waals surface area contributed by atoms with Crippen LogP contribution in [0.1, 0.15) is 23.3 Å². The van der Waals surface area contributed by atoms with E-state index in [1.54, 1.807) is 0 Å². The van der Waals surface area contributed by atoms with E-state index in [1.165, 1.54) is 0 Å². The van der Waals surface area contributed by atoms with Gasteiger partial charge >= 0.3 is 12.1 Å². The van der Waals surface area contributed by atoms with Gasteiger partial charge in [0.25, 0.3) is 5.91 Å². The molecule has 208 valence electrons. The molecule has 0 atom stereocenters. The first-order valence-electron chi connectivity index (χ1n) is 12.2. The highest BCUT2D eigenvalue weighted by Gasteiger charge is 2.50. The Morgan fingerprint density at radius 1 is 1.08 bits per heavy atom. The number of likely N-dealkylation sites (tertiary alicyclic amines) is 1. The van der Waals surface area contributed by atoms with Crippen LogP contribution in [-0.2, 0) is 9.59 Å². The summed E-state index contributed by atoms with van der Waals surface area (Å²) in [5.41, 5.74) is 2.02. The molecule has 4 N–H and O–H groups in total. The number of halogens is 4. The van der Waals surface area contributed by atoms with Crippen molar-refractivity contribution in [1.82, 2.24) is 20.5 Å². The van der Waals surface area contributed by atoms with Crippen LogP contribution in [-0.4, -0.2) is 77.3 Å². The molecule has 2 fully saturated rings. The number of aliphatic carboxylic acids is 1. The number of para-hydroxylation sites is 1. The fraction of sp³-hybridized carbons (Fsp3) is 0.346. The van der Waals surface area contributed by atoms with E-state index >= 15 is 0 Å². The molecule has 1 spiro atoms. The van der Waals surface area contributed by atoms with Crippen molar-refractivity contribution in [3.05, 3.63) is 65.3 Å². The lowest BCUT2D eigenvalue weighted by Crippen LogP contribution is -2.57. The Kier molecular flexibility index (Phi) is 8.36. The van der Waals surface area contributed by atoms with Crippen molar-refractivity contribution in [1.29, 1.82) is 0 Å². The summed E-state index contributed by atoms with van der Waals surface area (Å²) in [6, 6.07) is 17.4. The molecular formula is C26H27ClF3N5O4. The maximum Gasteiger partial charge on any atom is 0.490 e. The molecule has 13 heteroatoms. The third kappa shape index (κ3) is 6.45. The van der Waals surface area contributed by atoms with Gasteiger partial charge in [0, 0.05) is 47.8 Å². The predicted molar refractivity (Wildman–Crippen MR) is 140 cm³/mol. The van der Waals surface area contributed by atoms with Crippen molar-refractivity contribution in [2.45, 2.75) is 24.6 Å². The first-order chi connectivity index (χ1) is 18.5. The fourth-order valence-corrected chi connectivity index (χ4v) is 4.94. The highest BCUT2D eigenvalue weighted by Crippen LogP contribution is 2.36. The number of carbonyl (C=O) groups is 3. The quantitative estimate of drug-likeness (QED) is 0.375. The molecule has 0 radical (unpaired) electrons. The van der Waals surface area contributed by atoms with Crippen LogP contribution >= 0.6 is 11.6 Å². The van der Waals surface area contributed by atoms with Crippen molar-refractivity contribution in [2.24, 2.45) is 0 Å². The number of hydrogen-bond acceptors (Lipinski definition) is 5. The van der Waals surface area contributed by atoms with Crippen LogP contribution in [0.5, 0.6) is 0 Å². The zero-order valence-corrected chi connectivity index (χ0v) is 21.5. The van der Waals surface area contributed by atoms with Crippen molar-refractivity contribution in [3.8, 4) is 0 Å². The number of anilines is 1. The van der Waals surface area contributed by atoms with Crippen LogP contribution in [0.4, 0.5) is 18.9 Å². The monoisotopic (exact) mass is 565 g/mol. The van der Waals surface area contributed by atoms with Gasteiger partial charge in [0.05, 0.1) is 6.67 Å². The minimum absolute atomic E-state index is 0.0965. The topological polar surface area (TPSA) is 118 Å². The Labute approximate surface area is 226 Å². The molecule has 1 aromatic heterocycles. The van der Waals surface area contributed by atoms with E-state index in [9.17, 15) is 22.8 Å². The number of hydrogen-bond donors (Lipinski definition) is 4. The van der Waals surface area contributed by atoms with Crippen molar-refractivity contribution in [2.75, 3.05) is 37.7 Å². The second kappa shape index (κ2) is 11.5. The summed E-state index contributed by atoms with van der Waals surface area (Å²) in [4.78, 5) is 41.8. The molecule has 2 aromatic carbocycles. The Hall–Kier alpha value is -3.77. The zero-order valence-electron chi connectivity index (χ0n) is 20.7. The number of benzene rings is 2. The van der Waals surface area contributed by atoms with Gasteiger partial charge in [-0.05, 0) is 49.2 Å². The molecule has 0 unspecified atom stereocenters. The Balaban J connectivity index is 0.000000448. The zero-order chi connectivity index (χ0) is 28.2. The normalized spacial score (nSPS) is 17.0. The van der Waals surface area contributed by atoms with Crippen LogP contribution < -0.4 is 15.5 Å². The Morgan fingerprint density at radius 3 is 2.33 bits per heavy atom. The van der Waals surface area contributed by atoms with E-state index < -0.39 is 17.7 Å². The summed E-state index contributed by atoms with van der Waals surface area (Å²) in [7, 11) is 0. The van der Waals surface area contributed by atoms with Gasteiger partial charge in [-0.25, -0.2) is 4.79 Å². The molecule has 2 aliphatic rings. The lowest BCUT2D eigenvalue weighted by atomic mass is 9.85. The molecule has 2 amide bonds. The average Bonchev–Trinajstić information content (AvgIpc) is 3.47. The number of carbonyl (C=O) groups excluding carboxylic acids is 2. The summed E-state index contributed by atoms with van der Waals surface area (Å²) in [6.07, 6.45) is -3.59. The van der Waals surface area contributed by atoms with Crippen molar-refractivity contribution >= 4 is 46.0 Å². The number of carboxylic acids is 1. The van der Waals surface area contributed by atoms with E-state index in [0.717, 1.165) is 49.1 Å². The minimum Gasteiger partial charge on any atom is -0.475 e. The molecule has 39 heavy (non-hydrogen) atoms. The highest BCUT2D eigenvalue weighted by molar-refractivity contribution is 6.30. The summed E-state index contributed by atoms with van der Waals surface area (Å²) < 4.78 is 31.7. The standard InChI is InChI=1S/C24H26ClN5O2.C2HF3O2/c25-18-5-7-19(8-6-18)30-16-27-23(32)24(30)9-12-29(13-10-24)14-11-26-22(31)21-15-17-3-1-2-4-20(17)28-21;3-2(4,5)1(6)7/h1-8,15,28H,9-14,16H2,(H,26,31)(H,27,32);(H,6,7). The van der Waals surface area contributed by atoms with Gasteiger partial charge in [0.2, 0.25) is 5.91 Å². The van der Waals surface area contributed by atoms with Crippen molar-refractivity contribution < 1.29 is 32.7 Å². The van der Waals surface area contributed by atoms with Crippen LogP contribution in [0.2, 0.25) is 5.02 Å². The number of rotatable bonds is 5. The first-order valence-corrected chi connectivity index (χ1v) is 12.6. The molecule has 0 saturated carbocycles. The average molecular weight is 566 g/mol. The lowest BCUT2D eigenvalue weighted by molar-refractivity contribution is -0.192. The predicted octanol–water partition coefficient (Wildman–Crippen LogP) is 3.61. The van der Waals surface area contributed by atoms with Gasteiger partial charge in [-0.2, -0.15) is 13.2 Å². The Morgan fingerprint density at radius 2 is 1.72 bits per heavy atom. The van der Waals surface area contributed by atoms with Gasteiger partial charge in [0.15, 0.2) is 0 Å². The van der Waals surface area contributed by atoms with Crippen molar-refractivity contribution in [3.63, 3.8) is 0 Å². The second-order valence-corrected chi connectivity index (χ2v) is 9.71. The molecule has 0 bridgehead atoms. The molecular weight excluding hydrogens is 539 g/mol. The SMILES string of the molecule is O=C(NCCN1CCC2(CC1)C(=O)NCN2c1ccc(Cl)cc1)c1cc2ccccc2[nH]1.O=C(O)C(F)(F)F. The van der Waals surface area contributed by atoms with E-state index in [2.05, 4.69) is 25.4 Å². The highest BCUT2D eigenvalue weighted by atomic mass is 35.5. The van der Waals surface area contributed by atoms with E-state index in [-0.39, 0.29) is 11.8 Å². The van der Waals surface area contributed by atoms with Gasteiger partial charge in [0.1, 0.15) is 11.2 Å². The maximum absolute atomic E-state index is 12.8. The number of nitrogens with one attached hydrogen (secondary N) is 3. The number of H-pyrrole nitrogens is 1. The minimum atomic E-state index is -5.08. The molecule has 5 rings (SSSR count).